The number of amides is 3. The van der Waals surface area contributed by atoms with Crippen LogP contribution in [0.4, 0.5) is 16.2 Å². The number of fused-ring (bicyclic) bond motifs is 1. The molecule has 0 radical (unpaired) electrons. The highest BCUT2D eigenvalue weighted by Crippen LogP contribution is 2.27. The van der Waals surface area contributed by atoms with Gasteiger partial charge in [0.2, 0.25) is 6.17 Å². The zero-order valence-corrected chi connectivity index (χ0v) is 18.0. The number of hydrogen-bond acceptors (Lipinski definition) is 3. The van der Waals surface area contributed by atoms with E-state index in [2.05, 4.69) is 15.6 Å². The van der Waals surface area contributed by atoms with E-state index >= 15 is 0 Å². The number of nitrogens with zero attached hydrogens (tertiary/aromatic N) is 2. The van der Waals surface area contributed by atoms with E-state index < -0.39 is 12.2 Å². The number of anilines is 2. The number of urea groups is 1. The molecule has 0 saturated carbocycles. The highest BCUT2D eigenvalue weighted by atomic mass is 35.5. The fourth-order valence-electron chi connectivity index (χ4n) is 3.36. The molecule has 8 heteroatoms. The number of aliphatic imine (C=N–C) groups is 1. The zero-order chi connectivity index (χ0) is 22.0. The van der Waals surface area contributed by atoms with Crippen LogP contribution in [0.15, 0.2) is 77.8 Å². The van der Waals surface area contributed by atoms with Crippen molar-refractivity contribution in [3.63, 3.8) is 0 Å². The van der Waals surface area contributed by atoms with Gasteiger partial charge >= 0.3 is 6.03 Å². The second-order valence-corrected chi connectivity index (χ2v) is 7.79. The Balaban J connectivity index is 1.68. The second-order valence-electron chi connectivity index (χ2n) is 6.92. The predicted octanol–water partition coefficient (Wildman–Crippen LogP) is 4.96. The molecule has 156 valence electrons. The summed E-state index contributed by atoms with van der Waals surface area (Å²) < 4.78 is 0. The Morgan fingerprint density at radius 1 is 0.968 bits per heavy atom. The molecule has 6 nitrogen and oxygen atoms in total. The van der Waals surface area contributed by atoms with Crippen molar-refractivity contribution < 1.29 is 9.59 Å². The van der Waals surface area contributed by atoms with Crippen LogP contribution >= 0.6 is 23.2 Å². The Labute approximate surface area is 189 Å². The third-order valence-electron chi connectivity index (χ3n) is 4.78. The quantitative estimate of drug-likeness (QED) is 0.589. The van der Waals surface area contributed by atoms with Crippen molar-refractivity contribution in [3.05, 3.63) is 94.0 Å². The van der Waals surface area contributed by atoms with Crippen molar-refractivity contribution in [3.8, 4) is 0 Å². The van der Waals surface area contributed by atoms with E-state index in [0.29, 0.717) is 27.1 Å². The van der Waals surface area contributed by atoms with Gasteiger partial charge in [-0.1, -0.05) is 71.7 Å². The third-order valence-corrected chi connectivity index (χ3v) is 5.22. The summed E-state index contributed by atoms with van der Waals surface area (Å²) in [7, 11) is 1.66. The van der Waals surface area contributed by atoms with Crippen LogP contribution in [0.2, 0.25) is 10.0 Å². The number of likely N-dealkylation sites (N-methyl/N-ethyl adjacent to an activating group) is 1. The molecule has 1 atom stereocenters. The minimum Gasteiger partial charge on any atom is -0.311 e. The standard InChI is InChI=1S/C23H18Cl2N4O2/c1-29-19-10-6-5-9-18(19)20(14-7-3-2-4-8-14)27-21(22(29)30)28-23(31)26-17-12-15(24)11-16(25)13-17/h2-13,21H,1H3,(H2,26,28,31)/t21-/m1/s1. The molecule has 0 unspecified atom stereocenters. The van der Waals surface area contributed by atoms with Gasteiger partial charge in [-0.15, -0.1) is 0 Å². The summed E-state index contributed by atoms with van der Waals surface area (Å²) in [6.45, 7) is 0. The van der Waals surface area contributed by atoms with Gasteiger partial charge in [-0.25, -0.2) is 9.79 Å². The van der Waals surface area contributed by atoms with E-state index in [9.17, 15) is 9.59 Å². The van der Waals surface area contributed by atoms with E-state index in [1.807, 2.05) is 54.6 Å². The van der Waals surface area contributed by atoms with Gasteiger partial charge < -0.3 is 15.5 Å². The number of nitrogens with one attached hydrogen (secondary N) is 2. The lowest BCUT2D eigenvalue weighted by Gasteiger charge is -2.21. The maximum Gasteiger partial charge on any atom is 0.321 e. The van der Waals surface area contributed by atoms with Crippen LogP contribution in [-0.4, -0.2) is 30.9 Å². The average Bonchev–Trinajstić information content (AvgIpc) is 2.84. The van der Waals surface area contributed by atoms with Crippen molar-refractivity contribution in [2.75, 3.05) is 17.3 Å². The summed E-state index contributed by atoms with van der Waals surface area (Å²) in [6.07, 6.45) is -1.12. The van der Waals surface area contributed by atoms with Crippen molar-refractivity contribution in [1.29, 1.82) is 0 Å². The highest BCUT2D eigenvalue weighted by Gasteiger charge is 2.30. The first-order chi connectivity index (χ1) is 14.9. The van der Waals surface area contributed by atoms with Crippen molar-refractivity contribution in [2.45, 2.75) is 6.17 Å². The molecular formula is C23H18Cl2N4O2. The van der Waals surface area contributed by atoms with E-state index in [-0.39, 0.29) is 5.91 Å². The summed E-state index contributed by atoms with van der Waals surface area (Å²) in [6, 6.07) is 21.1. The fraction of sp³-hybridized carbons (Fsp3) is 0.0870. The Hall–Kier alpha value is -3.35. The lowest BCUT2D eigenvalue weighted by Crippen LogP contribution is -2.47. The molecule has 3 aromatic rings. The molecule has 31 heavy (non-hydrogen) atoms. The predicted molar refractivity (Wildman–Crippen MR) is 124 cm³/mol. The smallest absolute Gasteiger partial charge is 0.311 e. The lowest BCUT2D eigenvalue weighted by atomic mass is 10.0. The van der Waals surface area contributed by atoms with Gasteiger partial charge in [-0.05, 0) is 24.3 Å². The molecular weight excluding hydrogens is 435 g/mol. The number of benzodiazepines with no additional fused rings is 1. The van der Waals surface area contributed by atoms with Crippen molar-refractivity contribution in [2.24, 2.45) is 4.99 Å². The molecule has 0 saturated heterocycles. The minimum absolute atomic E-state index is 0.363. The van der Waals surface area contributed by atoms with Gasteiger partial charge in [-0.3, -0.25) is 4.79 Å². The normalized spacial score (nSPS) is 15.6. The summed E-state index contributed by atoms with van der Waals surface area (Å²) in [5.41, 5.74) is 3.37. The van der Waals surface area contributed by atoms with Crippen LogP contribution < -0.4 is 15.5 Å². The molecule has 1 heterocycles. The molecule has 3 amide bonds. The second kappa shape index (κ2) is 8.79. The summed E-state index contributed by atoms with van der Waals surface area (Å²) in [5, 5.41) is 6.05. The van der Waals surface area contributed by atoms with Crippen LogP contribution in [-0.2, 0) is 4.79 Å². The van der Waals surface area contributed by atoms with E-state index in [0.717, 1.165) is 11.1 Å². The van der Waals surface area contributed by atoms with E-state index in [4.69, 9.17) is 23.2 Å². The first-order valence-corrected chi connectivity index (χ1v) is 10.2. The van der Waals surface area contributed by atoms with E-state index in [1.54, 1.807) is 25.2 Å². The van der Waals surface area contributed by atoms with Crippen molar-refractivity contribution >= 4 is 52.2 Å². The molecule has 1 aliphatic rings. The Morgan fingerprint density at radius 3 is 2.32 bits per heavy atom. The van der Waals surface area contributed by atoms with Gasteiger partial charge in [0.15, 0.2) is 0 Å². The van der Waals surface area contributed by atoms with Crippen LogP contribution in [0, 0.1) is 0 Å². The lowest BCUT2D eigenvalue weighted by molar-refractivity contribution is -0.119. The molecule has 0 fully saturated rings. The van der Waals surface area contributed by atoms with Crippen LogP contribution in [0.5, 0.6) is 0 Å². The number of benzene rings is 3. The van der Waals surface area contributed by atoms with Gasteiger partial charge in [0.1, 0.15) is 0 Å². The Bertz CT molecular complexity index is 1160. The van der Waals surface area contributed by atoms with E-state index in [1.165, 1.54) is 4.90 Å². The molecule has 2 N–H and O–H groups in total. The number of halogens is 2. The molecule has 0 aliphatic carbocycles. The summed E-state index contributed by atoms with van der Waals surface area (Å²) in [5.74, 6) is -0.363. The number of rotatable bonds is 3. The maximum absolute atomic E-state index is 13.1. The SMILES string of the molecule is CN1C(=O)[C@@H](NC(=O)Nc2cc(Cl)cc(Cl)c2)N=C(c2ccccc2)c2ccccc21. The molecule has 1 aliphatic heterocycles. The molecule has 3 aromatic carbocycles. The minimum atomic E-state index is -1.12. The molecule has 0 aromatic heterocycles. The first kappa shape index (κ1) is 20.9. The largest absolute Gasteiger partial charge is 0.321 e. The zero-order valence-electron chi connectivity index (χ0n) is 16.5. The average molecular weight is 453 g/mol. The van der Waals surface area contributed by atoms with Crippen LogP contribution in [0.3, 0.4) is 0 Å². The molecule has 0 spiro atoms. The Morgan fingerprint density at radius 2 is 1.61 bits per heavy atom. The topological polar surface area (TPSA) is 73.8 Å². The highest BCUT2D eigenvalue weighted by molar-refractivity contribution is 6.35. The van der Waals surface area contributed by atoms with Gasteiger partial charge in [0.05, 0.1) is 11.4 Å². The Kier molecular flexibility index (Phi) is 5.93. The van der Waals surface area contributed by atoms with Gasteiger partial charge in [0.25, 0.3) is 5.91 Å². The number of para-hydroxylation sites is 1. The number of carbonyl (C=O) groups is 2. The monoisotopic (exact) mass is 452 g/mol. The molecule has 4 rings (SSSR count). The fourth-order valence-corrected chi connectivity index (χ4v) is 3.89. The van der Waals surface area contributed by atoms with Crippen molar-refractivity contribution in [1.82, 2.24) is 5.32 Å². The van der Waals surface area contributed by atoms with Crippen LogP contribution in [0.25, 0.3) is 0 Å². The maximum atomic E-state index is 13.1. The summed E-state index contributed by atoms with van der Waals surface area (Å²) >= 11 is 12.0. The molecule has 0 bridgehead atoms. The first-order valence-electron chi connectivity index (χ1n) is 9.46. The van der Waals surface area contributed by atoms with Crippen LogP contribution in [0.1, 0.15) is 11.1 Å². The number of hydrogen-bond donors (Lipinski definition) is 2. The van der Waals surface area contributed by atoms with Gasteiger partial charge in [-0.2, -0.15) is 0 Å². The number of carbonyl (C=O) groups excluding carboxylic acids is 2. The van der Waals surface area contributed by atoms with Gasteiger partial charge in [0, 0.05) is 33.9 Å². The summed E-state index contributed by atoms with van der Waals surface area (Å²) in [4.78, 5) is 31.9. The third kappa shape index (κ3) is 4.55.